The summed E-state index contributed by atoms with van der Waals surface area (Å²) in [5, 5.41) is 5.54. The summed E-state index contributed by atoms with van der Waals surface area (Å²) in [6, 6.07) is 21.1. The van der Waals surface area contributed by atoms with Gasteiger partial charge in [0.2, 0.25) is 0 Å². The lowest BCUT2D eigenvalue weighted by Gasteiger charge is -2.23. The van der Waals surface area contributed by atoms with Crippen LogP contribution in [0.5, 0.6) is 0 Å². The summed E-state index contributed by atoms with van der Waals surface area (Å²) in [6.07, 6.45) is 1.86. The van der Waals surface area contributed by atoms with Gasteiger partial charge in [-0.25, -0.2) is 0 Å². The largest absolute Gasteiger partial charge is 0.256 e. The molecule has 0 aliphatic carbocycles. The molecule has 0 atom stereocenters. The van der Waals surface area contributed by atoms with Gasteiger partial charge in [0.05, 0.1) is 5.69 Å². The molecule has 0 aliphatic heterocycles. The maximum atomic E-state index is 6.16. The van der Waals surface area contributed by atoms with Crippen molar-refractivity contribution in [3.8, 4) is 11.3 Å². The molecule has 1 aromatic heterocycles. The molecule has 25 heavy (non-hydrogen) atoms. The minimum absolute atomic E-state index is 0.0590. The van der Waals surface area contributed by atoms with Gasteiger partial charge in [-0.3, -0.25) is 4.98 Å². The molecule has 0 bridgehead atoms. The van der Waals surface area contributed by atoms with Gasteiger partial charge in [-0.15, -0.1) is 0 Å². The zero-order chi connectivity index (χ0) is 17.6. The van der Waals surface area contributed by atoms with Crippen molar-refractivity contribution >= 4 is 33.1 Å². The topological polar surface area (TPSA) is 12.9 Å². The second-order valence-corrected chi connectivity index (χ2v) is 7.96. The summed E-state index contributed by atoms with van der Waals surface area (Å²) in [6.45, 7) is 6.78. The van der Waals surface area contributed by atoms with Crippen LogP contribution in [0.2, 0.25) is 5.02 Å². The molecule has 0 unspecified atom stereocenters. The molecule has 4 rings (SSSR count). The van der Waals surface area contributed by atoms with E-state index in [-0.39, 0.29) is 5.41 Å². The number of halogens is 1. The number of pyridine rings is 1. The molecule has 0 spiro atoms. The molecule has 0 aliphatic rings. The van der Waals surface area contributed by atoms with E-state index in [1.54, 1.807) is 0 Å². The van der Waals surface area contributed by atoms with Crippen LogP contribution in [-0.4, -0.2) is 4.98 Å². The van der Waals surface area contributed by atoms with Crippen LogP contribution in [0.4, 0.5) is 0 Å². The van der Waals surface area contributed by atoms with Gasteiger partial charge in [-0.2, -0.15) is 0 Å². The fourth-order valence-corrected chi connectivity index (χ4v) is 3.63. The van der Waals surface area contributed by atoms with E-state index in [1.807, 2.05) is 24.4 Å². The van der Waals surface area contributed by atoms with Crippen LogP contribution in [0.25, 0.3) is 32.8 Å². The maximum absolute atomic E-state index is 6.16. The Bertz CT molecular complexity index is 1090. The predicted molar refractivity (Wildman–Crippen MR) is 108 cm³/mol. The smallest absolute Gasteiger partial charge is 0.0780 e. The number of aromatic nitrogens is 1. The van der Waals surface area contributed by atoms with Crippen LogP contribution in [0.3, 0.4) is 0 Å². The first-order valence-electron chi connectivity index (χ1n) is 8.51. The van der Waals surface area contributed by atoms with Crippen LogP contribution in [0.15, 0.2) is 66.9 Å². The Morgan fingerprint density at radius 1 is 0.800 bits per heavy atom. The highest BCUT2D eigenvalue weighted by molar-refractivity contribution is 6.31. The molecule has 0 amide bonds. The van der Waals surface area contributed by atoms with Crippen molar-refractivity contribution in [2.75, 3.05) is 0 Å². The lowest BCUT2D eigenvalue weighted by atomic mass is 9.82. The number of benzene rings is 3. The average Bonchev–Trinajstić information content (AvgIpc) is 2.59. The summed E-state index contributed by atoms with van der Waals surface area (Å²) >= 11 is 6.16. The molecule has 0 radical (unpaired) electrons. The van der Waals surface area contributed by atoms with E-state index in [2.05, 4.69) is 63.2 Å². The molecule has 0 fully saturated rings. The second kappa shape index (κ2) is 5.86. The zero-order valence-electron chi connectivity index (χ0n) is 14.7. The van der Waals surface area contributed by atoms with E-state index in [1.165, 1.54) is 16.3 Å². The van der Waals surface area contributed by atoms with Crippen LogP contribution in [-0.2, 0) is 5.41 Å². The minimum atomic E-state index is 0.0590. The number of rotatable bonds is 1. The lowest BCUT2D eigenvalue weighted by molar-refractivity contribution is 0.596. The van der Waals surface area contributed by atoms with Crippen molar-refractivity contribution in [2.45, 2.75) is 26.2 Å². The van der Waals surface area contributed by atoms with Gasteiger partial charge in [-0.1, -0.05) is 62.7 Å². The van der Waals surface area contributed by atoms with Gasteiger partial charge in [0.25, 0.3) is 0 Å². The molecule has 0 N–H and O–H groups in total. The monoisotopic (exact) mass is 345 g/mol. The Hall–Kier alpha value is -2.38. The third-order valence-corrected chi connectivity index (χ3v) is 4.90. The molecule has 0 saturated heterocycles. The van der Waals surface area contributed by atoms with Crippen molar-refractivity contribution < 1.29 is 0 Å². The van der Waals surface area contributed by atoms with E-state index in [4.69, 9.17) is 16.6 Å². The van der Waals surface area contributed by atoms with Crippen molar-refractivity contribution in [3.05, 3.63) is 77.4 Å². The fourth-order valence-electron chi connectivity index (χ4n) is 3.45. The Morgan fingerprint density at radius 3 is 2.36 bits per heavy atom. The first-order chi connectivity index (χ1) is 11.9. The number of nitrogens with zero attached hydrogens (tertiary/aromatic N) is 1. The van der Waals surface area contributed by atoms with Gasteiger partial charge < -0.3 is 0 Å². The van der Waals surface area contributed by atoms with Crippen molar-refractivity contribution in [2.24, 2.45) is 0 Å². The standard InChI is InChI=1S/C23H20ClN/c1-23(2,3)21-14-17(12-15-6-4-5-7-19(15)21)22-20-9-8-18(24)13-16(20)10-11-25-22/h4-14H,1-3H3. The highest BCUT2D eigenvalue weighted by atomic mass is 35.5. The molecule has 3 aromatic carbocycles. The summed E-state index contributed by atoms with van der Waals surface area (Å²) in [7, 11) is 0. The van der Waals surface area contributed by atoms with Gasteiger partial charge >= 0.3 is 0 Å². The molecule has 2 heteroatoms. The average molecular weight is 346 g/mol. The predicted octanol–water partition coefficient (Wildman–Crippen LogP) is 7.01. The van der Waals surface area contributed by atoms with Gasteiger partial charge in [0, 0.05) is 22.2 Å². The number of hydrogen-bond acceptors (Lipinski definition) is 1. The summed E-state index contributed by atoms with van der Waals surface area (Å²) in [5.41, 5.74) is 3.55. The quantitative estimate of drug-likeness (QED) is 0.361. The third-order valence-electron chi connectivity index (χ3n) is 4.67. The van der Waals surface area contributed by atoms with Crippen molar-refractivity contribution in [1.82, 2.24) is 4.98 Å². The Balaban J connectivity index is 2.06. The van der Waals surface area contributed by atoms with Crippen LogP contribution in [0, 0.1) is 0 Å². The fraction of sp³-hybridized carbons (Fsp3) is 0.174. The van der Waals surface area contributed by atoms with Crippen LogP contribution < -0.4 is 0 Å². The molecule has 1 nitrogen and oxygen atoms in total. The van der Waals surface area contributed by atoms with Crippen molar-refractivity contribution in [1.29, 1.82) is 0 Å². The minimum Gasteiger partial charge on any atom is -0.256 e. The van der Waals surface area contributed by atoms with Crippen molar-refractivity contribution in [3.63, 3.8) is 0 Å². The van der Waals surface area contributed by atoms with E-state index < -0.39 is 0 Å². The van der Waals surface area contributed by atoms with E-state index in [0.717, 1.165) is 27.1 Å². The first-order valence-corrected chi connectivity index (χ1v) is 8.89. The van der Waals surface area contributed by atoms with E-state index >= 15 is 0 Å². The van der Waals surface area contributed by atoms with Gasteiger partial charge in [-0.05, 0) is 57.5 Å². The van der Waals surface area contributed by atoms with E-state index in [0.29, 0.717) is 0 Å². The Kier molecular flexibility index (Phi) is 3.77. The normalized spacial score (nSPS) is 12.0. The summed E-state index contributed by atoms with van der Waals surface area (Å²) in [4.78, 5) is 4.69. The molecule has 4 aromatic rings. The number of hydrogen-bond donors (Lipinski definition) is 0. The lowest BCUT2D eigenvalue weighted by Crippen LogP contribution is -2.12. The second-order valence-electron chi connectivity index (χ2n) is 7.52. The zero-order valence-corrected chi connectivity index (χ0v) is 15.4. The summed E-state index contributed by atoms with van der Waals surface area (Å²) in [5.74, 6) is 0. The van der Waals surface area contributed by atoms with Crippen LogP contribution >= 0.6 is 11.6 Å². The third kappa shape index (κ3) is 2.89. The van der Waals surface area contributed by atoms with Crippen LogP contribution in [0.1, 0.15) is 26.3 Å². The molecule has 1 heterocycles. The highest BCUT2D eigenvalue weighted by Crippen LogP contribution is 2.36. The number of fused-ring (bicyclic) bond motifs is 2. The van der Waals surface area contributed by atoms with E-state index in [9.17, 15) is 0 Å². The first kappa shape index (κ1) is 16.1. The molecular formula is C23H20ClN. The SMILES string of the molecule is CC(C)(C)c1cc(-c2nccc3cc(Cl)ccc23)cc2ccccc12. The molecule has 0 saturated carbocycles. The van der Waals surface area contributed by atoms with Gasteiger partial charge in [0.15, 0.2) is 0 Å². The molecular weight excluding hydrogens is 326 g/mol. The summed E-state index contributed by atoms with van der Waals surface area (Å²) < 4.78 is 0. The molecule has 124 valence electrons. The maximum Gasteiger partial charge on any atom is 0.0780 e. The highest BCUT2D eigenvalue weighted by Gasteiger charge is 2.19. The van der Waals surface area contributed by atoms with Gasteiger partial charge in [0.1, 0.15) is 0 Å². The Morgan fingerprint density at radius 2 is 1.56 bits per heavy atom. The Labute approximate surface area is 153 Å².